The second kappa shape index (κ2) is 4.42. The summed E-state index contributed by atoms with van der Waals surface area (Å²) in [7, 11) is -1.58. The lowest BCUT2D eigenvalue weighted by atomic mass is 10.0. The molecule has 12 heavy (non-hydrogen) atoms. The minimum absolute atomic E-state index is 0.352. The van der Waals surface area contributed by atoms with Gasteiger partial charge < -0.3 is 0 Å². The van der Waals surface area contributed by atoms with E-state index in [0.717, 1.165) is 23.1 Å². The largest absolute Gasteiger partial charge is 0.229 e. The molecule has 0 saturated carbocycles. The van der Waals surface area contributed by atoms with Crippen molar-refractivity contribution in [3.63, 3.8) is 0 Å². The van der Waals surface area contributed by atoms with Crippen LogP contribution in [0.25, 0.3) is 0 Å². The summed E-state index contributed by atoms with van der Waals surface area (Å²) in [5.41, 5.74) is 0. The lowest BCUT2D eigenvalue weighted by Gasteiger charge is -2.21. The van der Waals surface area contributed by atoms with Gasteiger partial charge in [-0.15, -0.1) is 0 Å². The molecule has 0 amide bonds. The molecule has 0 bridgehead atoms. The molecule has 0 radical (unpaired) electrons. The Bertz CT molecular complexity index is 219. The van der Waals surface area contributed by atoms with Gasteiger partial charge in [-0.1, -0.05) is 26.7 Å². The van der Waals surface area contributed by atoms with E-state index in [4.69, 9.17) is 0 Å². The van der Waals surface area contributed by atoms with Crippen molar-refractivity contribution >= 4 is 20.1 Å². The number of rotatable bonds is 5. The van der Waals surface area contributed by atoms with Gasteiger partial charge in [-0.3, -0.25) is 0 Å². The van der Waals surface area contributed by atoms with Crippen molar-refractivity contribution in [1.29, 1.82) is 0 Å². The molecule has 0 aromatic rings. The fourth-order valence-corrected chi connectivity index (χ4v) is 2.01. The average Bonchev–Trinajstić information content (AvgIpc) is 1.84. The van der Waals surface area contributed by atoms with Gasteiger partial charge in [-0.2, -0.15) is 0 Å². The van der Waals surface area contributed by atoms with E-state index in [9.17, 15) is 8.42 Å². The molecule has 0 aromatic heterocycles. The molecule has 74 valence electrons. The zero-order chi connectivity index (χ0) is 9.83. The Kier molecular flexibility index (Phi) is 4.48. The highest BCUT2D eigenvalue weighted by Crippen LogP contribution is 2.30. The Morgan fingerprint density at radius 3 is 2.25 bits per heavy atom. The number of sulfone groups is 1. The van der Waals surface area contributed by atoms with Crippen molar-refractivity contribution in [3.8, 4) is 0 Å². The maximum atomic E-state index is 10.8. The van der Waals surface area contributed by atoms with E-state index in [1.807, 2.05) is 0 Å². The molecular weight excluding hydrogens is 188 g/mol. The normalized spacial score (nSPS) is 17.6. The first-order chi connectivity index (χ1) is 5.27. The van der Waals surface area contributed by atoms with Gasteiger partial charge in [-0.05, 0) is 11.5 Å². The molecule has 0 saturated heterocycles. The van der Waals surface area contributed by atoms with Crippen molar-refractivity contribution in [3.05, 3.63) is 0 Å². The number of hydrogen-bond acceptors (Lipinski definition) is 2. The Morgan fingerprint density at radius 2 is 1.92 bits per heavy atom. The molecule has 0 spiro atoms. The quantitative estimate of drug-likeness (QED) is 0.625. The van der Waals surface area contributed by atoms with Crippen LogP contribution < -0.4 is 0 Å². The molecule has 0 aliphatic heterocycles. The third-order valence-corrected chi connectivity index (χ3v) is 4.56. The molecule has 0 heterocycles. The zero-order valence-corrected chi connectivity index (χ0v) is 11.4. The summed E-state index contributed by atoms with van der Waals surface area (Å²) in [5.74, 6) is 0.352. The molecule has 1 unspecified atom stereocenters. The highest BCUT2D eigenvalue weighted by atomic mass is 32.2. The molecule has 0 fully saturated rings. The fraction of sp³-hybridized carbons (Fsp3) is 1.00. The first kappa shape index (κ1) is 12.2. The maximum Gasteiger partial charge on any atom is 0.147 e. The molecular formula is C8H20O2SSi. The molecule has 2 nitrogen and oxygen atoms in total. The third kappa shape index (κ3) is 6.85. The van der Waals surface area contributed by atoms with Crippen molar-refractivity contribution in [2.24, 2.45) is 0 Å². The summed E-state index contributed by atoms with van der Waals surface area (Å²) >= 11 is 0. The second-order valence-corrected chi connectivity index (χ2v) is 8.93. The summed E-state index contributed by atoms with van der Waals surface area (Å²) in [4.78, 5) is 0. The van der Waals surface area contributed by atoms with E-state index in [1.165, 1.54) is 12.7 Å². The van der Waals surface area contributed by atoms with E-state index in [0.29, 0.717) is 10.8 Å². The molecule has 0 rings (SSSR count). The van der Waals surface area contributed by atoms with Crippen molar-refractivity contribution in [2.45, 2.75) is 38.1 Å². The minimum Gasteiger partial charge on any atom is -0.229 e. The van der Waals surface area contributed by atoms with Crippen LogP contribution in [-0.2, 0) is 9.84 Å². The third-order valence-electron chi connectivity index (χ3n) is 2.33. The van der Waals surface area contributed by atoms with Crippen LogP contribution in [0.1, 0.15) is 33.1 Å². The highest BCUT2D eigenvalue weighted by Gasteiger charge is 2.15. The summed E-state index contributed by atoms with van der Waals surface area (Å²) in [5, 5.41) is 0.435. The molecule has 0 N–H and O–H groups in total. The van der Waals surface area contributed by atoms with Crippen LogP contribution in [0.15, 0.2) is 0 Å². The van der Waals surface area contributed by atoms with E-state index in [-0.39, 0.29) is 0 Å². The average molecular weight is 208 g/mol. The monoisotopic (exact) mass is 208 g/mol. The van der Waals surface area contributed by atoms with Crippen LogP contribution >= 0.6 is 0 Å². The van der Waals surface area contributed by atoms with Gasteiger partial charge in [0.15, 0.2) is 0 Å². The van der Waals surface area contributed by atoms with Crippen LogP contribution in [0.5, 0.6) is 0 Å². The van der Waals surface area contributed by atoms with Gasteiger partial charge in [0.25, 0.3) is 0 Å². The molecule has 0 aliphatic carbocycles. The minimum atomic E-state index is -2.74. The first-order valence-electron chi connectivity index (χ1n) is 4.44. The van der Waals surface area contributed by atoms with Crippen molar-refractivity contribution in [1.82, 2.24) is 0 Å². The highest BCUT2D eigenvalue weighted by molar-refractivity contribution is 7.90. The van der Waals surface area contributed by atoms with Crippen LogP contribution in [0.3, 0.4) is 0 Å². The van der Waals surface area contributed by atoms with Crippen LogP contribution in [0.4, 0.5) is 0 Å². The summed E-state index contributed by atoms with van der Waals surface area (Å²) in [6.07, 6.45) is 4.36. The predicted molar refractivity (Wildman–Crippen MR) is 57.5 cm³/mol. The van der Waals surface area contributed by atoms with Gasteiger partial charge in [0.1, 0.15) is 9.84 Å². The van der Waals surface area contributed by atoms with Gasteiger partial charge >= 0.3 is 0 Å². The second-order valence-electron chi connectivity index (χ2n) is 4.25. The zero-order valence-electron chi connectivity index (χ0n) is 8.55. The Labute approximate surface area is 79.1 Å². The summed E-state index contributed by atoms with van der Waals surface area (Å²) in [6, 6.07) is 0. The van der Waals surface area contributed by atoms with Gasteiger partial charge in [-0.25, -0.2) is 8.42 Å². The Balaban J connectivity index is 3.72. The van der Waals surface area contributed by atoms with Gasteiger partial charge in [0, 0.05) is 22.3 Å². The van der Waals surface area contributed by atoms with Crippen LogP contribution in [0, 0.1) is 0 Å². The van der Waals surface area contributed by atoms with E-state index in [1.54, 1.807) is 0 Å². The molecule has 0 aromatic carbocycles. The fourth-order valence-electron chi connectivity index (χ4n) is 0.990. The van der Waals surface area contributed by atoms with Crippen molar-refractivity contribution < 1.29 is 8.42 Å². The Morgan fingerprint density at radius 1 is 1.42 bits per heavy atom. The van der Waals surface area contributed by atoms with E-state index < -0.39 is 9.84 Å². The van der Waals surface area contributed by atoms with Gasteiger partial charge in [0.2, 0.25) is 0 Å². The standard InChI is InChI=1S/C8H20O2SSi/c1-4-8(2,12)6-5-7-11(3,9)10/h4-7H2,1-3,12H3. The van der Waals surface area contributed by atoms with Gasteiger partial charge in [0.05, 0.1) is 0 Å². The van der Waals surface area contributed by atoms with Crippen molar-refractivity contribution in [2.75, 3.05) is 12.0 Å². The molecule has 0 aliphatic rings. The lowest BCUT2D eigenvalue weighted by molar-refractivity contribution is 0.529. The van der Waals surface area contributed by atoms with E-state index >= 15 is 0 Å². The van der Waals surface area contributed by atoms with E-state index in [2.05, 4.69) is 13.8 Å². The lowest BCUT2D eigenvalue weighted by Crippen LogP contribution is -2.10. The molecule has 4 heteroatoms. The summed E-state index contributed by atoms with van der Waals surface area (Å²) < 4.78 is 21.6. The smallest absolute Gasteiger partial charge is 0.147 e. The maximum absolute atomic E-state index is 10.8. The molecule has 1 atom stereocenters. The Hall–Kier alpha value is 0.167. The number of hydrogen-bond donors (Lipinski definition) is 0. The van der Waals surface area contributed by atoms with Crippen LogP contribution in [-0.4, -0.2) is 30.7 Å². The first-order valence-corrected chi connectivity index (χ1v) is 7.50. The predicted octanol–water partition coefficient (Wildman–Crippen LogP) is 0.765. The van der Waals surface area contributed by atoms with Crippen LogP contribution in [0.2, 0.25) is 5.04 Å². The summed E-state index contributed by atoms with van der Waals surface area (Å²) in [6.45, 7) is 4.41. The SMILES string of the molecule is CCC(C)([SiH3])CCCS(C)(=O)=O. The topological polar surface area (TPSA) is 34.1 Å².